The van der Waals surface area contributed by atoms with Crippen molar-refractivity contribution >= 4 is 33.3 Å². The van der Waals surface area contributed by atoms with E-state index in [9.17, 15) is 0 Å². The second-order valence-corrected chi connectivity index (χ2v) is 5.21. The number of aromatic nitrogens is 2. The van der Waals surface area contributed by atoms with Crippen molar-refractivity contribution in [3.8, 4) is 6.01 Å². The standard InChI is InChI=1S/C11H15BrClN3O2/c1-7-5-16(6-8(3-12)18-7)10-9(13)4-14-11(15-10)17-2/h4,7-8H,3,5-6H2,1-2H3. The Hall–Kier alpha value is -0.590. The van der Waals surface area contributed by atoms with E-state index in [0.29, 0.717) is 16.9 Å². The first-order chi connectivity index (χ1) is 8.63. The van der Waals surface area contributed by atoms with Crippen molar-refractivity contribution in [3.05, 3.63) is 11.2 Å². The largest absolute Gasteiger partial charge is 0.467 e. The molecule has 1 aliphatic heterocycles. The Kier molecular flexibility index (Phi) is 4.64. The Labute approximate surface area is 120 Å². The molecule has 1 aliphatic rings. The summed E-state index contributed by atoms with van der Waals surface area (Å²) < 4.78 is 10.8. The highest BCUT2D eigenvalue weighted by atomic mass is 79.9. The second kappa shape index (κ2) is 6.04. The predicted molar refractivity (Wildman–Crippen MR) is 73.9 cm³/mol. The summed E-state index contributed by atoms with van der Waals surface area (Å²) in [6, 6.07) is 0.323. The van der Waals surface area contributed by atoms with E-state index >= 15 is 0 Å². The van der Waals surface area contributed by atoms with Crippen LogP contribution < -0.4 is 9.64 Å². The van der Waals surface area contributed by atoms with Crippen LogP contribution in [0.2, 0.25) is 5.02 Å². The first kappa shape index (κ1) is 13.8. The maximum atomic E-state index is 6.15. The van der Waals surface area contributed by atoms with Gasteiger partial charge in [-0.25, -0.2) is 4.98 Å². The molecule has 1 fully saturated rings. The molecule has 5 nitrogen and oxygen atoms in total. The maximum absolute atomic E-state index is 6.15. The Morgan fingerprint density at radius 1 is 1.61 bits per heavy atom. The van der Waals surface area contributed by atoms with Gasteiger partial charge in [0.2, 0.25) is 0 Å². The summed E-state index contributed by atoms with van der Waals surface area (Å²) in [5.74, 6) is 0.699. The number of hydrogen-bond acceptors (Lipinski definition) is 5. The van der Waals surface area contributed by atoms with Crippen molar-refractivity contribution in [2.45, 2.75) is 19.1 Å². The highest BCUT2D eigenvalue weighted by Gasteiger charge is 2.27. The van der Waals surface area contributed by atoms with E-state index in [-0.39, 0.29) is 12.2 Å². The molecule has 0 aliphatic carbocycles. The van der Waals surface area contributed by atoms with Gasteiger partial charge in [-0.15, -0.1) is 0 Å². The average Bonchev–Trinajstić information content (AvgIpc) is 2.38. The molecule has 1 aromatic heterocycles. The van der Waals surface area contributed by atoms with Gasteiger partial charge in [-0.05, 0) is 6.92 Å². The average molecular weight is 337 g/mol. The van der Waals surface area contributed by atoms with Crippen LogP contribution in [0.1, 0.15) is 6.92 Å². The van der Waals surface area contributed by atoms with Crippen molar-refractivity contribution in [2.24, 2.45) is 0 Å². The normalized spacial score (nSPS) is 24.1. The molecule has 0 saturated carbocycles. The van der Waals surface area contributed by atoms with Gasteiger partial charge in [0.1, 0.15) is 5.02 Å². The van der Waals surface area contributed by atoms with Crippen LogP contribution in [0.3, 0.4) is 0 Å². The minimum atomic E-state index is 0.130. The lowest BCUT2D eigenvalue weighted by Gasteiger charge is -2.37. The molecule has 100 valence electrons. The van der Waals surface area contributed by atoms with E-state index in [1.807, 2.05) is 6.92 Å². The lowest BCUT2D eigenvalue weighted by atomic mass is 10.2. The number of methoxy groups -OCH3 is 1. The molecule has 2 atom stereocenters. The first-order valence-corrected chi connectivity index (χ1v) is 7.17. The van der Waals surface area contributed by atoms with Crippen molar-refractivity contribution in [1.29, 1.82) is 0 Å². The highest BCUT2D eigenvalue weighted by Crippen LogP contribution is 2.27. The van der Waals surface area contributed by atoms with Gasteiger partial charge in [0.15, 0.2) is 5.82 Å². The van der Waals surface area contributed by atoms with Crippen LogP contribution >= 0.6 is 27.5 Å². The molecule has 1 saturated heterocycles. The third-order valence-corrected chi connectivity index (χ3v) is 3.67. The fourth-order valence-electron chi connectivity index (χ4n) is 1.97. The van der Waals surface area contributed by atoms with E-state index in [4.69, 9.17) is 21.1 Å². The van der Waals surface area contributed by atoms with Gasteiger partial charge in [0.25, 0.3) is 0 Å². The van der Waals surface area contributed by atoms with Crippen LogP contribution in [0.15, 0.2) is 6.20 Å². The van der Waals surface area contributed by atoms with Crippen LogP contribution in [0.25, 0.3) is 0 Å². The first-order valence-electron chi connectivity index (χ1n) is 5.67. The molecule has 2 heterocycles. The lowest BCUT2D eigenvalue weighted by Crippen LogP contribution is -2.47. The minimum Gasteiger partial charge on any atom is -0.467 e. The summed E-state index contributed by atoms with van der Waals surface area (Å²) in [7, 11) is 1.54. The summed E-state index contributed by atoms with van der Waals surface area (Å²) in [6.45, 7) is 3.53. The zero-order valence-electron chi connectivity index (χ0n) is 10.3. The van der Waals surface area contributed by atoms with Crippen molar-refractivity contribution in [3.63, 3.8) is 0 Å². The molecule has 0 amide bonds. The van der Waals surface area contributed by atoms with Crippen LogP contribution in [0, 0.1) is 0 Å². The number of halogens is 2. The van der Waals surface area contributed by atoms with Crippen LogP contribution in [-0.4, -0.2) is 47.7 Å². The molecule has 0 aromatic carbocycles. The predicted octanol–water partition coefficient (Wildman–Crippen LogP) is 2.13. The highest BCUT2D eigenvalue weighted by molar-refractivity contribution is 9.09. The van der Waals surface area contributed by atoms with E-state index in [1.165, 1.54) is 7.11 Å². The number of rotatable bonds is 3. The summed E-state index contributed by atoms with van der Waals surface area (Å²) in [5.41, 5.74) is 0. The molecule has 0 spiro atoms. The summed E-state index contributed by atoms with van der Waals surface area (Å²) in [4.78, 5) is 10.4. The number of morpholine rings is 1. The zero-order chi connectivity index (χ0) is 13.1. The third kappa shape index (κ3) is 3.05. The van der Waals surface area contributed by atoms with Crippen molar-refractivity contribution in [1.82, 2.24) is 9.97 Å². The lowest BCUT2D eigenvalue weighted by molar-refractivity contribution is -0.00226. The quantitative estimate of drug-likeness (QED) is 0.791. The molecular formula is C11H15BrClN3O2. The monoisotopic (exact) mass is 335 g/mol. The second-order valence-electron chi connectivity index (χ2n) is 4.16. The zero-order valence-corrected chi connectivity index (χ0v) is 12.6. The van der Waals surface area contributed by atoms with Gasteiger partial charge in [-0.1, -0.05) is 27.5 Å². The number of alkyl halides is 1. The number of hydrogen-bond donors (Lipinski definition) is 0. The smallest absolute Gasteiger partial charge is 0.318 e. The number of anilines is 1. The SMILES string of the molecule is COc1ncc(Cl)c(N2CC(C)OC(CBr)C2)n1. The van der Waals surface area contributed by atoms with Gasteiger partial charge >= 0.3 is 6.01 Å². The van der Waals surface area contributed by atoms with Gasteiger partial charge in [-0.3, -0.25) is 0 Å². The van der Waals surface area contributed by atoms with E-state index in [0.717, 1.165) is 18.4 Å². The molecule has 0 radical (unpaired) electrons. The summed E-state index contributed by atoms with van der Waals surface area (Å²) in [6.07, 6.45) is 1.83. The minimum absolute atomic E-state index is 0.130. The Morgan fingerprint density at radius 2 is 2.39 bits per heavy atom. The van der Waals surface area contributed by atoms with E-state index in [1.54, 1.807) is 6.20 Å². The van der Waals surface area contributed by atoms with Gasteiger partial charge in [0, 0.05) is 18.4 Å². The molecule has 18 heavy (non-hydrogen) atoms. The number of nitrogens with zero attached hydrogens (tertiary/aromatic N) is 3. The third-order valence-electron chi connectivity index (χ3n) is 2.68. The van der Waals surface area contributed by atoms with Gasteiger partial charge in [0.05, 0.1) is 25.5 Å². The fraction of sp³-hybridized carbons (Fsp3) is 0.636. The summed E-state index contributed by atoms with van der Waals surface area (Å²) in [5, 5.41) is 1.31. The molecular weight excluding hydrogens is 321 g/mol. The molecule has 2 unspecified atom stereocenters. The summed E-state index contributed by atoms with van der Waals surface area (Å²) >= 11 is 9.59. The molecule has 0 N–H and O–H groups in total. The van der Waals surface area contributed by atoms with E-state index < -0.39 is 0 Å². The Morgan fingerprint density at radius 3 is 3.06 bits per heavy atom. The molecule has 0 bridgehead atoms. The van der Waals surface area contributed by atoms with Crippen LogP contribution in [-0.2, 0) is 4.74 Å². The van der Waals surface area contributed by atoms with Crippen LogP contribution in [0.4, 0.5) is 5.82 Å². The number of ether oxygens (including phenoxy) is 2. The van der Waals surface area contributed by atoms with Gasteiger partial charge in [-0.2, -0.15) is 4.98 Å². The molecule has 7 heteroatoms. The molecule has 2 rings (SSSR count). The molecule has 1 aromatic rings. The van der Waals surface area contributed by atoms with Crippen LogP contribution in [0.5, 0.6) is 6.01 Å². The fourth-order valence-corrected chi connectivity index (χ4v) is 2.53. The maximum Gasteiger partial charge on any atom is 0.318 e. The Bertz CT molecular complexity index is 421. The van der Waals surface area contributed by atoms with E-state index in [2.05, 4.69) is 30.8 Å². The Balaban J connectivity index is 2.24. The van der Waals surface area contributed by atoms with Gasteiger partial charge < -0.3 is 14.4 Å². The van der Waals surface area contributed by atoms with Crippen molar-refractivity contribution in [2.75, 3.05) is 30.4 Å². The topological polar surface area (TPSA) is 47.5 Å². The van der Waals surface area contributed by atoms with Crippen molar-refractivity contribution < 1.29 is 9.47 Å².